The third-order valence-electron chi connectivity index (χ3n) is 5.58. The average Bonchev–Trinajstić information content (AvgIpc) is 2.81. The van der Waals surface area contributed by atoms with Gasteiger partial charge in [0.25, 0.3) is 11.5 Å². The molecule has 0 unspecified atom stereocenters. The zero-order valence-corrected chi connectivity index (χ0v) is 18.4. The van der Waals surface area contributed by atoms with E-state index in [9.17, 15) is 14.4 Å². The number of hydrogen-bond acceptors (Lipinski definition) is 5. The third-order valence-corrected chi connectivity index (χ3v) is 5.58. The number of aromatic nitrogens is 3. The Balaban J connectivity index is 1.97. The van der Waals surface area contributed by atoms with E-state index in [0.29, 0.717) is 35.6 Å². The van der Waals surface area contributed by atoms with Crippen LogP contribution >= 0.6 is 0 Å². The minimum absolute atomic E-state index is 0.195. The van der Waals surface area contributed by atoms with Crippen molar-refractivity contribution < 1.29 is 9.53 Å². The van der Waals surface area contributed by atoms with Crippen molar-refractivity contribution in [2.24, 2.45) is 14.1 Å². The molecule has 1 N–H and O–H groups in total. The minimum atomic E-state index is -0.510. The molecule has 1 amide bonds. The number of nitrogens with one attached hydrogen (secondary N) is 1. The lowest BCUT2D eigenvalue weighted by Crippen LogP contribution is -2.38. The van der Waals surface area contributed by atoms with E-state index in [2.05, 4.69) is 10.3 Å². The second-order valence-electron chi connectivity index (χ2n) is 7.46. The van der Waals surface area contributed by atoms with E-state index in [1.165, 1.54) is 11.6 Å². The van der Waals surface area contributed by atoms with Crippen molar-refractivity contribution in [2.75, 3.05) is 11.9 Å². The fourth-order valence-corrected chi connectivity index (χ4v) is 3.92. The Morgan fingerprint density at radius 1 is 1.06 bits per heavy atom. The van der Waals surface area contributed by atoms with Gasteiger partial charge >= 0.3 is 5.69 Å². The molecule has 0 aliphatic rings. The van der Waals surface area contributed by atoms with Crippen LogP contribution in [0, 0.1) is 0 Å². The SMILES string of the molecule is CCOc1ccc2ccccc2c1C(=O)Nc1c(CC)cnc2c1c(=O)n(C)c(=O)n2C. The Bertz CT molecular complexity index is 1480. The van der Waals surface area contributed by atoms with Gasteiger partial charge in [-0.2, -0.15) is 0 Å². The zero-order valence-electron chi connectivity index (χ0n) is 18.4. The van der Waals surface area contributed by atoms with Crippen LogP contribution in [0.1, 0.15) is 29.8 Å². The number of pyridine rings is 1. The number of ether oxygens (including phenoxy) is 1. The number of aryl methyl sites for hydroxylation is 2. The monoisotopic (exact) mass is 432 g/mol. The largest absolute Gasteiger partial charge is 0.493 e. The van der Waals surface area contributed by atoms with Gasteiger partial charge in [0.1, 0.15) is 11.1 Å². The molecule has 4 aromatic rings. The van der Waals surface area contributed by atoms with E-state index in [1.54, 1.807) is 19.3 Å². The summed E-state index contributed by atoms with van der Waals surface area (Å²) in [6.07, 6.45) is 2.13. The van der Waals surface area contributed by atoms with E-state index < -0.39 is 17.2 Å². The molecule has 0 saturated carbocycles. The summed E-state index contributed by atoms with van der Waals surface area (Å²) in [6.45, 7) is 4.17. The molecule has 164 valence electrons. The molecule has 0 aliphatic heterocycles. The summed E-state index contributed by atoms with van der Waals surface area (Å²) in [5, 5.41) is 4.77. The lowest BCUT2D eigenvalue weighted by molar-refractivity contribution is 0.102. The maximum Gasteiger partial charge on any atom is 0.332 e. The van der Waals surface area contributed by atoms with Crippen LogP contribution < -0.4 is 21.3 Å². The molecule has 0 fully saturated rings. The summed E-state index contributed by atoms with van der Waals surface area (Å²) in [7, 11) is 2.96. The predicted octanol–water partition coefficient (Wildman–Crippen LogP) is 3.00. The number of nitrogens with zero attached hydrogens (tertiary/aromatic N) is 3. The van der Waals surface area contributed by atoms with E-state index >= 15 is 0 Å². The number of carbonyl (C=O) groups is 1. The van der Waals surface area contributed by atoms with Crippen LogP contribution in [-0.4, -0.2) is 26.6 Å². The van der Waals surface area contributed by atoms with Gasteiger partial charge in [0.05, 0.1) is 17.9 Å². The first-order chi connectivity index (χ1) is 15.4. The summed E-state index contributed by atoms with van der Waals surface area (Å²) < 4.78 is 8.06. The maximum absolute atomic E-state index is 13.6. The second kappa shape index (κ2) is 8.30. The molecule has 0 radical (unpaired) electrons. The Morgan fingerprint density at radius 3 is 2.53 bits per heavy atom. The standard InChI is InChI=1S/C24H24N4O4/c1-5-14-13-25-21-19(23(30)28(4)24(31)27(21)3)20(14)26-22(29)18-16-10-8-7-9-15(16)11-12-17(18)32-6-2/h7-13H,5-6H2,1-4H3,(H,25,26,29). The van der Waals surface area contributed by atoms with Gasteiger partial charge in [0.2, 0.25) is 0 Å². The summed E-state index contributed by atoms with van der Waals surface area (Å²) in [5.74, 6) is 0.0590. The van der Waals surface area contributed by atoms with Crippen LogP contribution in [0.25, 0.3) is 21.8 Å². The number of carbonyl (C=O) groups excluding carboxylic acids is 1. The van der Waals surface area contributed by atoms with Crippen molar-refractivity contribution in [1.82, 2.24) is 14.1 Å². The van der Waals surface area contributed by atoms with Gasteiger partial charge in [-0.1, -0.05) is 37.3 Å². The molecule has 8 heteroatoms. The number of hydrogen-bond donors (Lipinski definition) is 1. The lowest BCUT2D eigenvalue weighted by atomic mass is 10.0. The Morgan fingerprint density at radius 2 is 1.81 bits per heavy atom. The summed E-state index contributed by atoms with van der Waals surface area (Å²) in [4.78, 5) is 43.3. The smallest absolute Gasteiger partial charge is 0.332 e. The van der Waals surface area contributed by atoms with Gasteiger partial charge in [0, 0.05) is 20.3 Å². The van der Waals surface area contributed by atoms with Crippen molar-refractivity contribution in [3.05, 3.63) is 74.6 Å². The lowest BCUT2D eigenvalue weighted by Gasteiger charge is -2.17. The van der Waals surface area contributed by atoms with Crippen LogP contribution in [0.15, 0.2) is 52.2 Å². The number of rotatable bonds is 5. The molecule has 32 heavy (non-hydrogen) atoms. The normalized spacial score (nSPS) is 11.1. The molecule has 0 atom stereocenters. The zero-order chi connectivity index (χ0) is 23.0. The molecule has 0 aliphatic carbocycles. The fraction of sp³-hybridized carbons (Fsp3) is 0.250. The second-order valence-corrected chi connectivity index (χ2v) is 7.46. The first kappa shape index (κ1) is 21.3. The van der Waals surface area contributed by atoms with Gasteiger partial charge < -0.3 is 10.1 Å². The van der Waals surface area contributed by atoms with E-state index in [4.69, 9.17) is 4.74 Å². The Labute approximate surface area is 184 Å². The van der Waals surface area contributed by atoms with E-state index in [-0.39, 0.29) is 11.0 Å². The fourth-order valence-electron chi connectivity index (χ4n) is 3.92. The molecule has 8 nitrogen and oxygen atoms in total. The van der Waals surface area contributed by atoms with Crippen LogP contribution in [0.4, 0.5) is 5.69 Å². The van der Waals surface area contributed by atoms with Crippen molar-refractivity contribution >= 4 is 33.4 Å². The highest BCUT2D eigenvalue weighted by Gasteiger charge is 2.22. The van der Waals surface area contributed by atoms with Gasteiger partial charge in [0.15, 0.2) is 5.65 Å². The highest BCUT2D eigenvalue weighted by Crippen LogP contribution is 2.31. The van der Waals surface area contributed by atoms with Crippen LogP contribution in [0.3, 0.4) is 0 Å². The predicted molar refractivity (Wildman–Crippen MR) is 125 cm³/mol. The van der Waals surface area contributed by atoms with Gasteiger partial charge in [-0.15, -0.1) is 0 Å². The Kier molecular flexibility index (Phi) is 5.52. The van der Waals surface area contributed by atoms with E-state index in [0.717, 1.165) is 15.3 Å². The van der Waals surface area contributed by atoms with Gasteiger partial charge in [-0.25, -0.2) is 9.78 Å². The molecule has 4 rings (SSSR count). The molecule has 0 saturated heterocycles. The molecule has 0 bridgehead atoms. The van der Waals surface area contributed by atoms with Crippen LogP contribution in [0.5, 0.6) is 5.75 Å². The number of benzene rings is 2. The quantitative estimate of drug-likeness (QED) is 0.523. The number of amides is 1. The maximum atomic E-state index is 13.6. The topological polar surface area (TPSA) is 95.2 Å². The average molecular weight is 432 g/mol. The van der Waals surface area contributed by atoms with E-state index in [1.807, 2.05) is 44.2 Å². The highest BCUT2D eigenvalue weighted by atomic mass is 16.5. The van der Waals surface area contributed by atoms with Crippen molar-refractivity contribution in [2.45, 2.75) is 20.3 Å². The first-order valence-electron chi connectivity index (χ1n) is 10.4. The number of anilines is 1. The molecule has 2 aromatic heterocycles. The van der Waals surface area contributed by atoms with Crippen molar-refractivity contribution in [3.8, 4) is 5.75 Å². The summed E-state index contributed by atoms with van der Waals surface area (Å²) >= 11 is 0. The van der Waals surface area contributed by atoms with Crippen LogP contribution in [0.2, 0.25) is 0 Å². The van der Waals surface area contributed by atoms with Gasteiger partial charge in [-0.3, -0.25) is 18.7 Å². The molecule has 0 spiro atoms. The first-order valence-corrected chi connectivity index (χ1v) is 10.4. The highest BCUT2D eigenvalue weighted by molar-refractivity contribution is 6.17. The molecular formula is C24H24N4O4. The molecule has 2 heterocycles. The summed E-state index contributed by atoms with van der Waals surface area (Å²) in [5.41, 5.74) is 0.661. The molecular weight excluding hydrogens is 408 g/mol. The molecule has 2 aromatic carbocycles. The van der Waals surface area contributed by atoms with Crippen molar-refractivity contribution in [3.63, 3.8) is 0 Å². The van der Waals surface area contributed by atoms with Gasteiger partial charge in [-0.05, 0) is 35.7 Å². The van der Waals surface area contributed by atoms with Crippen molar-refractivity contribution in [1.29, 1.82) is 0 Å². The summed E-state index contributed by atoms with van der Waals surface area (Å²) in [6, 6.07) is 11.2. The third kappa shape index (κ3) is 3.33. The number of fused-ring (bicyclic) bond motifs is 2. The van der Waals surface area contributed by atoms with Crippen LogP contribution in [-0.2, 0) is 20.5 Å². The Hall–Kier alpha value is -3.94. The minimum Gasteiger partial charge on any atom is -0.493 e.